The maximum Gasteiger partial charge on any atom is 0.233 e. The van der Waals surface area contributed by atoms with Gasteiger partial charge in [0.1, 0.15) is 0 Å². The molecule has 1 saturated heterocycles. The average molecular weight is 282 g/mol. The van der Waals surface area contributed by atoms with E-state index in [2.05, 4.69) is 26.1 Å². The fraction of sp³-hybridized carbons (Fsp3) is 0.867. The Kier molecular flexibility index (Phi) is 4.81. The number of β-amino-alcohol motifs (C(OH)–C–C–N with tert-alkyl or cyclic N) is 1. The van der Waals surface area contributed by atoms with Crippen LogP contribution in [0.2, 0.25) is 0 Å². The molecule has 5 heteroatoms. The molecule has 0 bridgehead atoms. The van der Waals surface area contributed by atoms with Gasteiger partial charge in [0, 0.05) is 6.54 Å². The summed E-state index contributed by atoms with van der Waals surface area (Å²) < 4.78 is 0. The van der Waals surface area contributed by atoms with Crippen LogP contribution in [0.3, 0.4) is 0 Å². The van der Waals surface area contributed by atoms with E-state index in [9.17, 15) is 14.7 Å². The molecule has 0 aromatic rings. The zero-order valence-electron chi connectivity index (χ0n) is 12.6. The fourth-order valence-electron chi connectivity index (χ4n) is 3.34. The van der Waals surface area contributed by atoms with Crippen LogP contribution in [-0.2, 0) is 9.59 Å². The van der Waals surface area contributed by atoms with E-state index in [1.54, 1.807) is 0 Å². The monoisotopic (exact) mass is 282 g/mol. The van der Waals surface area contributed by atoms with Crippen LogP contribution in [0.4, 0.5) is 0 Å². The average Bonchev–Trinajstić information content (AvgIpc) is 2.83. The lowest BCUT2D eigenvalue weighted by Crippen LogP contribution is -2.42. The van der Waals surface area contributed by atoms with E-state index in [-0.39, 0.29) is 30.2 Å². The van der Waals surface area contributed by atoms with Crippen LogP contribution in [-0.4, -0.2) is 47.6 Å². The van der Waals surface area contributed by atoms with Gasteiger partial charge in [0.2, 0.25) is 11.8 Å². The number of rotatable bonds is 6. The Bertz CT molecular complexity index is 359. The first-order valence-electron chi connectivity index (χ1n) is 7.64. The standard InChI is InChI=1S/C15H26N2O3/c1-9(2)6-16-7-11(18)8-17-14(19)12-4-10(3)5-13(12)15(17)20/h9-13,16,18H,4-8H2,1-3H3. The lowest BCUT2D eigenvalue weighted by Gasteiger charge is -2.21. The molecule has 2 rings (SSSR count). The Balaban J connectivity index is 1.84. The van der Waals surface area contributed by atoms with Crippen molar-refractivity contribution in [3.05, 3.63) is 0 Å². The molecule has 114 valence electrons. The Morgan fingerprint density at radius 3 is 2.25 bits per heavy atom. The predicted octanol–water partition coefficient (Wildman–Crippen LogP) is 0.624. The Morgan fingerprint density at radius 1 is 1.20 bits per heavy atom. The van der Waals surface area contributed by atoms with Crippen LogP contribution < -0.4 is 5.32 Å². The molecule has 3 atom stereocenters. The number of carbonyl (C=O) groups is 2. The molecule has 0 radical (unpaired) electrons. The van der Waals surface area contributed by atoms with Crippen molar-refractivity contribution in [2.45, 2.75) is 39.7 Å². The second-order valence-corrected chi connectivity index (χ2v) is 6.78. The first kappa shape index (κ1) is 15.4. The number of imide groups is 1. The molecule has 2 N–H and O–H groups in total. The van der Waals surface area contributed by atoms with Crippen molar-refractivity contribution in [3.63, 3.8) is 0 Å². The van der Waals surface area contributed by atoms with Gasteiger partial charge >= 0.3 is 0 Å². The molecule has 2 aliphatic rings. The third-order valence-corrected chi connectivity index (χ3v) is 4.29. The van der Waals surface area contributed by atoms with Crippen molar-refractivity contribution in [1.29, 1.82) is 0 Å². The normalized spacial score (nSPS) is 31.2. The van der Waals surface area contributed by atoms with Gasteiger partial charge in [-0.15, -0.1) is 0 Å². The summed E-state index contributed by atoms with van der Waals surface area (Å²) in [5.74, 6) is 0.553. The second kappa shape index (κ2) is 6.22. The minimum atomic E-state index is -0.682. The molecule has 1 aliphatic heterocycles. The highest BCUT2D eigenvalue weighted by molar-refractivity contribution is 6.05. The Hall–Kier alpha value is -0.940. The zero-order valence-corrected chi connectivity index (χ0v) is 12.6. The minimum Gasteiger partial charge on any atom is -0.390 e. The molecule has 1 aliphatic carbocycles. The quantitative estimate of drug-likeness (QED) is 0.701. The van der Waals surface area contributed by atoms with Gasteiger partial charge in [0.25, 0.3) is 0 Å². The van der Waals surface area contributed by atoms with Crippen LogP contribution in [0.15, 0.2) is 0 Å². The summed E-state index contributed by atoms with van der Waals surface area (Å²) in [6, 6.07) is 0. The maximum atomic E-state index is 12.2. The van der Waals surface area contributed by atoms with E-state index in [1.165, 1.54) is 4.90 Å². The summed E-state index contributed by atoms with van der Waals surface area (Å²) >= 11 is 0. The van der Waals surface area contributed by atoms with E-state index in [0.29, 0.717) is 18.4 Å². The molecule has 5 nitrogen and oxygen atoms in total. The number of likely N-dealkylation sites (tertiary alicyclic amines) is 1. The van der Waals surface area contributed by atoms with Crippen molar-refractivity contribution in [3.8, 4) is 0 Å². The van der Waals surface area contributed by atoms with Gasteiger partial charge in [0.05, 0.1) is 24.5 Å². The van der Waals surface area contributed by atoms with E-state index >= 15 is 0 Å². The number of fused-ring (bicyclic) bond motifs is 1. The minimum absolute atomic E-state index is 0.0766. The van der Waals surface area contributed by atoms with Crippen LogP contribution in [0.25, 0.3) is 0 Å². The number of nitrogens with one attached hydrogen (secondary N) is 1. The number of aliphatic hydroxyl groups excluding tert-OH is 1. The summed E-state index contributed by atoms with van der Waals surface area (Å²) in [6.45, 7) is 7.64. The molecule has 2 amide bonds. The molecule has 0 aromatic carbocycles. The molecule has 1 heterocycles. The van der Waals surface area contributed by atoms with Crippen molar-refractivity contribution in [2.75, 3.05) is 19.6 Å². The van der Waals surface area contributed by atoms with Gasteiger partial charge in [-0.25, -0.2) is 0 Å². The lowest BCUT2D eigenvalue weighted by molar-refractivity contribution is -0.142. The van der Waals surface area contributed by atoms with E-state index in [0.717, 1.165) is 19.4 Å². The van der Waals surface area contributed by atoms with Gasteiger partial charge in [-0.1, -0.05) is 20.8 Å². The maximum absolute atomic E-state index is 12.2. The van der Waals surface area contributed by atoms with Crippen molar-refractivity contribution in [2.24, 2.45) is 23.7 Å². The number of hydrogen-bond donors (Lipinski definition) is 2. The molecule has 2 fully saturated rings. The van der Waals surface area contributed by atoms with Gasteiger partial charge < -0.3 is 10.4 Å². The van der Waals surface area contributed by atoms with Crippen molar-refractivity contribution < 1.29 is 14.7 Å². The summed E-state index contributed by atoms with van der Waals surface area (Å²) in [6.07, 6.45) is 0.943. The van der Waals surface area contributed by atoms with Crippen LogP contribution in [0, 0.1) is 23.7 Å². The van der Waals surface area contributed by atoms with Crippen molar-refractivity contribution >= 4 is 11.8 Å². The molecule has 0 aromatic heterocycles. The SMILES string of the molecule is CC(C)CNCC(O)CN1C(=O)C2CC(C)CC2C1=O. The number of amides is 2. The summed E-state index contributed by atoms with van der Waals surface area (Å²) in [5.41, 5.74) is 0. The predicted molar refractivity (Wildman–Crippen MR) is 75.8 cm³/mol. The molecule has 20 heavy (non-hydrogen) atoms. The van der Waals surface area contributed by atoms with Gasteiger partial charge in [-0.2, -0.15) is 0 Å². The number of aliphatic hydroxyl groups is 1. The zero-order chi connectivity index (χ0) is 14.9. The Morgan fingerprint density at radius 2 is 1.75 bits per heavy atom. The highest BCUT2D eigenvalue weighted by Gasteiger charge is 2.51. The number of carbonyl (C=O) groups excluding carboxylic acids is 2. The van der Waals surface area contributed by atoms with Crippen LogP contribution in [0.1, 0.15) is 33.6 Å². The Labute approximate surface area is 120 Å². The first-order valence-corrected chi connectivity index (χ1v) is 7.64. The summed E-state index contributed by atoms with van der Waals surface area (Å²) in [4.78, 5) is 25.7. The van der Waals surface area contributed by atoms with Gasteiger partial charge in [-0.05, 0) is 31.2 Å². The third kappa shape index (κ3) is 3.20. The van der Waals surface area contributed by atoms with E-state index in [1.807, 2.05) is 0 Å². The summed E-state index contributed by atoms with van der Waals surface area (Å²) in [5, 5.41) is 13.1. The van der Waals surface area contributed by atoms with Gasteiger partial charge in [-0.3, -0.25) is 14.5 Å². The van der Waals surface area contributed by atoms with E-state index in [4.69, 9.17) is 0 Å². The topological polar surface area (TPSA) is 69.6 Å². The molecule has 3 unspecified atom stereocenters. The molecule has 0 spiro atoms. The molecule has 1 saturated carbocycles. The highest BCUT2D eigenvalue weighted by Crippen LogP contribution is 2.42. The first-order chi connectivity index (χ1) is 9.40. The number of hydrogen-bond acceptors (Lipinski definition) is 4. The molecular weight excluding hydrogens is 256 g/mol. The smallest absolute Gasteiger partial charge is 0.233 e. The summed E-state index contributed by atoms with van der Waals surface area (Å²) in [7, 11) is 0. The molecular formula is C15H26N2O3. The van der Waals surface area contributed by atoms with Crippen LogP contribution in [0.5, 0.6) is 0 Å². The number of nitrogens with zero attached hydrogens (tertiary/aromatic N) is 1. The fourth-order valence-corrected chi connectivity index (χ4v) is 3.34. The van der Waals surface area contributed by atoms with E-state index < -0.39 is 6.10 Å². The van der Waals surface area contributed by atoms with Crippen LogP contribution >= 0.6 is 0 Å². The van der Waals surface area contributed by atoms with Crippen molar-refractivity contribution in [1.82, 2.24) is 10.2 Å². The van der Waals surface area contributed by atoms with Gasteiger partial charge in [0.15, 0.2) is 0 Å². The second-order valence-electron chi connectivity index (χ2n) is 6.78. The highest BCUT2D eigenvalue weighted by atomic mass is 16.3. The third-order valence-electron chi connectivity index (χ3n) is 4.29. The lowest BCUT2D eigenvalue weighted by atomic mass is 10.00. The largest absolute Gasteiger partial charge is 0.390 e.